The smallest absolute Gasteiger partial charge is 0.338 e. The van der Waals surface area contributed by atoms with Gasteiger partial charge < -0.3 is 14.8 Å². The van der Waals surface area contributed by atoms with E-state index in [9.17, 15) is 14.4 Å². The molecule has 0 aliphatic carbocycles. The number of carbonyl (C=O) groups is 3. The quantitative estimate of drug-likeness (QED) is 0.328. The van der Waals surface area contributed by atoms with Crippen LogP contribution in [-0.2, 0) is 16.1 Å². The van der Waals surface area contributed by atoms with Crippen molar-refractivity contribution in [1.29, 1.82) is 0 Å². The van der Waals surface area contributed by atoms with Gasteiger partial charge in [-0.25, -0.2) is 4.79 Å². The monoisotopic (exact) mass is 417 g/mol. The highest BCUT2D eigenvalue weighted by Crippen LogP contribution is 2.14. The van der Waals surface area contributed by atoms with E-state index >= 15 is 0 Å². The molecule has 0 saturated carbocycles. The van der Waals surface area contributed by atoms with E-state index in [0.29, 0.717) is 23.4 Å². The Hall–Kier alpha value is -3.93. The number of esters is 2. The Kier molecular flexibility index (Phi) is 7.17. The van der Waals surface area contributed by atoms with Crippen molar-refractivity contribution in [2.75, 3.05) is 11.9 Å². The molecule has 0 bridgehead atoms. The SMILES string of the molecule is CC(=O)Oc1ccc(C(=O)COC(=O)c2ccc(CNc3ccc(C)cc3)cc2)cc1. The molecule has 0 aromatic heterocycles. The van der Waals surface area contributed by atoms with E-state index in [1.54, 1.807) is 12.1 Å². The molecular weight excluding hydrogens is 394 g/mol. The molecule has 0 amide bonds. The molecule has 0 aliphatic rings. The lowest BCUT2D eigenvalue weighted by Gasteiger charge is -2.08. The number of ketones is 1. The van der Waals surface area contributed by atoms with E-state index in [0.717, 1.165) is 11.3 Å². The Bertz CT molecular complexity index is 1050. The topological polar surface area (TPSA) is 81.7 Å². The van der Waals surface area contributed by atoms with Crippen LogP contribution in [0.15, 0.2) is 72.8 Å². The molecule has 0 fully saturated rings. The Morgan fingerprint density at radius 1 is 0.806 bits per heavy atom. The number of hydrogen-bond acceptors (Lipinski definition) is 6. The molecule has 0 radical (unpaired) electrons. The average molecular weight is 417 g/mol. The second kappa shape index (κ2) is 10.2. The van der Waals surface area contributed by atoms with Gasteiger partial charge in [0.2, 0.25) is 0 Å². The number of Topliss-reactive ketones (excluding diaryl/α,β-unsaturated/α-hetero) is 1. The molecule has 1 N–H and O–H groups in total. The molecule has 0 heterocycles. The number of nitrogens with one attached hydrogen (secondary N) is 1. The van der Waals surface area contributed by atoms with Crippen molar-refractivity contribution in [1.82, 2.24) is 0 Å². The van der Waals surface area contributed by atoms with Gasteiger partial charge in [0.15, 0.2) is 12.4 Å². The summed E-state index contributed by atoms with van der Waals surface area (Å²) in [6, 6.07) is 21.2. The lowest BCUT2D eigenvalue weighted by atomic mass is 10.1. The molecule has 6 heteroatoms. The van der Waals surface area contributed by atoms with Gasteiger partial charge in [0, 0.05) is 24.7 Å². The lowest BCUT2D eigenvalue weighted by molar-refractivity contribution is -0.131. The second-order valence-electron chi connectivity index (χ2n) is 7.03. The number of anilines is 1. The average Bonchev–Trinajstić information content (AvgIpc) is 2.77. The van der Waals surface area contributed by atoms with E-state index < -0.39 is 11.9 Å². The normalized spacial score (nSPS) is 10.3. The highest BCUT2D eigenvalue weighted by Gasteiger charge is 2.12. The van der Waals surface area contributed by atoms with Gasteiger partial charge in [-0.1, -0.05) is 29.8 Å². The fourth-order valence-electron chi connectivity index (χ4n) is 2.81. The molecule has 0 aliphatic heterocycles. The van der Waals surface area contributed by atoms with Crippen molar-refractivity contribution in [3.8, 4) is 5.75 Å². The summed E-state index contributed by atoms with van der Waals surface area (Å²) in [4.78, 5) is 35.4. The summed E-state index contributed by atoms with van der Waals surface area (Å²) in [7, 11) is 0. The van der Waals surface area contributed by atoms with Crippen LogP contribution in [-0.4, -0.2) is 24.3 Å². The van der Waals surface area contributed by atoms with Crippen molar-refractivity contribution >= 4 is 23.4 Å². The Labute approximate surface area is 180 Å². The maximum absolute atomic E-state index is 12.2. The summed E-state index contributed by atoms with van der Waals surface area (Å²) in [6.07, 6.45) is 0. The summed E-state index contributed by atoms with van der Waals surface area (Å²) >= 11 is 0. The maximum Gasteiger partial charge on any atom is 0.338 e. The molecule has 0 atom stereocenters. The summed E-state index contributed by atoms with van der Waals surface area (Å²) in [5, 5.41) is 3.32. The second-order valence-corrected chi connectivity index (χ2v) is 7.03. The summed E-state index contributed by atoms with van der Waals surface area (Å²) in [6.45, 7) is 3.59. The minimum Gasteiger partial charge on any atom is -0.454 e. The Morgan fingerprint density at radius 3 is 2.03 bits per heavy atom. The largest absolute Gasteiger partial charge is 0.454 e. The number of benzene rings is 3. The Morgan fingerprint density at radius 2 is 1.42 bits per heavy atom. The van der Waals surface area contributed by atoms with Crippen LogP contribution >= 0.6 is 0 Å². The van der Waals surface area contributed by atoms with Gasteiger partial charge >= 0.3 is 11.9 Å². The third-order valence-corrected chi connectivity index (χ3v) is 4.51. The lowest BCUT2D eigenvalue weighted by Crippen LogP contribution is -2.14. The van der Waals surface area contributed by atoms with Crippen molar-refractivity contribution in [3.05, 3.63) is 95.1 Å². The first-order chi connectivity index (χ1) is 14.9. The van der Waals surface area contributed by atoms with Gasteiger partial charge in [0.05, 0.1) is 5.56 Å². The highest BCUT2D eigenvalue weighted by molar-refractivity contribution is 5.99. The fourth-order valence-corrected chi connectivity index (χ4v) is 2.81. The first kappa shape index (κ1) is 21.8. The first-order valence-electron chi connectivity index (χ1n) is 9.79. The predicted octanol–water partition coefficient (Wildman–Crippen LogP) is 4.57. The van der Waals surface area contributed by atoms with Gasteiger partial charge in [0.25, 0.3) is 0 Å². The zero-order chi connectivity index (χ0) is 22.2. The zero-order valence-electron chi connectivity index (χ0n) is 17.4. The molecule has 0 unspecified atom stereocenters. The van der Waals surface area contributed by atoms with E-state index in [4.69, 9.17) is 9.47 Å². The maximum atomic E-state index is 12.2. The minimum absolute atomic E-state index is 0.345. The molecular formula is C25H23NO5. The molecule has 0 spiro atoms. The van der Waals surface area contributed by atoms with Crippen LogP contribution in [0.1, 0.15) is 38.8 Å². The van der Waals surface area contributed by atoms with Gasteiger partial charge in [-0.05, 0) is 61.0 Å². The molecule has 31 heavy (non-hydrogen) atoms. The third-order valence-electron chi connectivity index (χ3n) is 4.51. The summed E-state index contributed by atoms with van der Waals surface area (Å²) in [5.74, 6) is -1.01. The van der Waals surface area contributed by atoms with Gasteiger partial charge in [-0.15, -0.1) is 0 Å². The summed E-state index contributed by atoms with van der Waals surface area (Å²) in [5.41, 5.74) is 3.97. The van der Waals surface area contributed by atoms with Crippen LogP contribution in [0.2, 0.25) is 0 Å². The fraction of sp³-hybridized carbons (Fsp3) is 0.160. The van der Waals surface area contributed by atoms with Crippen LogP contribution in [0, 0.1) is 6.92 Å². The number of carbonyl (C=O) groups excluding carboxylic acids is 3. The number of rotatable bonds is 8. The Balaban J connectivity index is 1.49. The molecule has 158 valence electrons. The molecule has 0 saturated heterocycles. The third kappa shape index (κ3) is 6.54. The van der Waals surface area contributed by atoms with Gasteiger partial charge in [-0.2, -0.15) is 0 Å². The van der Waals surface area contributed by atoms with Crippen molar-refractivity contribution in [2.45, 2.75) is 20.4 Å². The van der Waals surface area contributed by atoms with Crippen molar-refractivity contribution in [3.63, 3.8) is 0 Å². The van der Waals surface area contributed by atoms with E-state index in [2.05, 4.69) is 5.32 Å². The van der Waals surface area contributed by atoms with Gasteiger partial charge in [-0.3, -0.25) is 9.59 Å². The van der Waals surface area contributed by atoms with E-state index in [-0.39, 0.29) is 12.4 Å². The van der Waals surface area contributed by atoms with Crippen LogP contribution in [0.5, 0.6) is 5.75 Å². The number of hydrogen-bond donors (Lipinski definition) is 1. The minimum atomic E-state index is -0.567. The highest BCUT2D eigenvalue weighted by atomic mass is 16.5. The first-order valence-corrected chi connectivity index (χ1v) is 9.79. The van der Waals surface area contributed by atoms with E-state index in [1.807, 2.05) is 43.3 Å². The van der Waals surface area contributed by atoms with Crippen LogP contribution in [0.3, 0.4) is 0 Å². The van der Waals surface area contributed by atoms with E-state index in [1.165, 1.54) is 36.8 Å². The number of aryl methyl sites for hydroxylation is 1. The zero-order valence-corrected chi connectivity index (χ0v) is 17.4. The van der Waals surface area contributed by atoms with Crippen LogP contribution in [0.4, 0.5) is 5.69 Å². The number of ether oxygens (including phenoxy) is 2. The van der Waals surface area contributed by atoms with Gasteiger partial charge in [0.1, 0.15) is 5.75 Å². The van der Waals surface area contributed by atoms with Crippen molar-refractivity contribution in [2.24, 2.45) is 0 Å². The molecule has 6 nitrogen and oxygen atoms in total. The molecule has 3 aromatic carbocycles. The van der Waals surface area contributed by atoms with Crippen LogP contribution < -0.4 is 10.1 Å². The molecule has 3 rings (SSSR count). The van der Waals surface area contributed by atoms with Crippen LogP contribution in [0.25, 0.3) is 0 Å². The molecule has 3 aromatic rings. The standard InChI is InChI=1S/C25H23NO5/c1-17-3-11-22(12-4-17)26-15-19-5-7-21(8-6-19)25(29)30-16-24(28)20-9-13-23(14-10-20)31-18(2)27/h3-14,26H,15-16H2,1-2H3. The van der Waals surface area contributed by atoms with Crippen molar-refractivity contribution < 1.29 is 23.9 Å². The summed E-state index contributed by atoms with van der Waals surface area (Å²) < 4.78 is 10.1. The predicted molar refractivity (Wildman–Crippen MR) is 117 cm³/mol.